The van der Waals surface area contributed by atoms with E-state index in [1.165, 1.54) is 24.3 Å². The topological polar surface area (TPSA) is 32.8 Å². The lowest BCUT2D eigenvalue weighted by atomic mass is 9.94. The van der Waals surface area contributed by atoms with Gasteiger partial charge in [0.25, 0.3) is 0 Å². The van der Waals surface area contributed by atoms with E-state index < -0.39 is 11.6 Å². The van der Waals surface area contributed by atoms with Gasteiger partial charge in [0.2, 0.25) is 5.91 Å². The molecule has 0 saturated carbocycles. The molecule has 0 aliphatic carbocycles. The molecule has 2 aliphatic rings. The summed E-state index contributed by atoms with van der Waals surface area (Å²) in [7, 11) is 0. The van der Waals surface area contributed by atoms with Gasteiger partial charge >= 0.3 is 0 Å². The fourth-order valence-corrected chi connectivity index (χ4v) is 2.76. The SMILES string of the molecule is O=C(/C=C/c1cc(F)cc(F)c1)N1CCC([C@H]2CO2)CC1. The molecule has 21 heavy (non-hydrogen) atoms. The Labute approximate surface area is 122 Å². The molecule has 5 heteroatoms. The lowest BCUT2D eigenvalue weighted by Gasteiger charge is -2.30. The van der Waals surface area contributed by atoms with Crippen molar-refractivity contribution in [1.82, 2.24) is 4.90 Å². The number of nitrogens with zero attached hydrogens (tertiary/aromatic N) is 1. The maximum Gasteiger partial charge on any atom is 0.246 e. The summed E-state index contributed by atoms with van der Waals surface area (Å²) in [6.07, 6.45) is 5.14. The molecule has 2 saturated heterocycles. The number of carbonyl (C=O) groups excluding carboxylic acids is 1. The molecule has 0 spiro atoms. The predicted octanol–water partition coefficient (Wildman–Crippen LogP) is 2.62. The van der Waals surface area contributed by atoms with E-state index in [1.807, 2.05) is 0 Å². The first-order valence-electron chi connectivity index (χ1n) is 7.16. The summed E-state index contributed by atoms with van der Waals surface area (Å²) in [5.41, 5.74) is 0.349. The summed E-state index contributed by atoms with van der Waals surface area (Å²) in [6.45, 7) is 2.28. The molecule has 0 radical (unpaired) electrons. The van der Waals surface area contributed by atoms with E-state index in [-0.39, 0.29) is 5.91 Å². The Morgan fingerprint density at radius 1 is 1.19 bits per heavy atom. The van der Waals surface area contributed by atoms with E-state index in [0.29, 0.717) is 30.7 Å². The third-order valence-corrected chi connectivity index (χ3v) is 4.04. The quantitative estimate of drug-likeness (QED) is 0.634. The number of likely N-dealkylation sites (tertiary alicyclic amines) is 1. The minimum atomic E-state index is -0.646. The van der Waals surface area contributed by atoms with Crippen molar-refractivity contribution in [2.75, 3.05) is 19.7 Å². The van der Waals surface area contributed by atoms with Crippen LogP contribution >= 0.6 is 0 Å². The first kappa shape index (κ1) is 14.2. The highest BCUT2D eigenvalue weighted by Gasteiger charge is 2.35. The third-order valence-electron chi connectivity index (χ3n) is 4.04. The van der Waals surface area contributed by atoms with Crippen LogP contribution < -0.4 is 0 Å². The number of rotatable bonds is 3. The number of carbonyl (C=O) groups is 1. The lowest BCUT2D eigenvalue weighted by Crippen LogP contribution is -2.38. The van der Waals surface area contributed by atoms with Crippen LogP contribution in [0.3, 0.4) is 0 Å². The molecule has 0 unspecified atom stereocenters. The Morgan fingerprint density at radius 2 is 1.81 bits per heavy atom. The molecule has 112 valence electrons. The van der Waals surface area contributed by atoms with Crippen LogP contribution in [-0.4, -0.2) is 36.6 Å². The fourth-order valence-electron chi connectivity index (χ4n) is 2.76. The van der Waals surface area contributed by atoms with Gasteiger partial charge in [-0.15, -0.1) is 0 Å². The van der Waals surface area contributed by atoms with Gasteiger partial charge < -0.3 is 9.64 Å². The van der Waals surface area contributed by atoms with Crippen molar-refractivity contribution < 1.29 is 18.3 Å². The molecule has 2 fully saturated rings. The predicted molar refractivity (Wildman–Crippen MR) is 74.4 cm³/mol. The van der Waals surface area contributed by atoms with Crippen molar-refractivity contribution in [3.8, 4) is 0 Å². The highest BCUT2D eigenvalue weighted by atomic mass is 19.1. The average molecular weight is 293 g/mol. The van der Waals surface area contributed by atoms with Crippen molar-refractivity contribution in [2.45, 2.75) is 18.9 Å². The number of halogens is 2. The zero-order valence-electron chi connectivity index (χ0n) is 11.6. The zero-order chi connectivity index (χ0) is 14.8. The second-order valence-corrected chi connectivity index (χ2v) is 5.57. The van der Waals surface area contributed by atoms with Gasteiger partial charge in [0.15, 0.2) is 0 Å². The normalized spacial score (nSPS) is 22.8. The van der Waals surface area contributed by atoms with Gasteiger partial charge in [-0.05, 0) is 42.5 Å². The minimum absolute atomic E-state index is 0.116. The maximum atomic E-state index is 13.1. The summed E-state index contributed by atoms with van der Waals surface area (Å²) in [4.78, 5) is 13.8. The fraction of sp³-hybridized carbons (Fsp3) is 0.438. The van der Waals surface area contributed by atoms with Crippen LogP contribution in [0.15, 0.2) is 24.3 Å². The Balaban J connectivity index is 1.57. The van der Waals surface area contributed by atoms with E-state index in [1.54, 1.807) is 4.90 Å². The van der Waals surface area contributed by atoms with Crippen molar-refractivity contribution >= 4 is 12.0 Å². The molecule has 3 rings (SSSR count). The standard InChI is InChI=1S/C16H17F2NO2/c17-13-7-11(8-14(18)9-13)1-2-16(20)19-5-3-12(4-6-19)15-10-21-15/h1-2,7-9,12,15H,3-6,10H2/b2-1+/t15-/m1/s1. The molecule has 2 heterocycles. The monoisotopic (exact) mass is 293 g/mol. The van der Waals surface area contributed by atoms with Crippen LogP contribution in [0.2, 0.25) is 0 Å². The molecule has 1 aromatic carbocycles. The number of benzene rings is 1. The van der Waals surface area contributed by atoms with Crippen LogP contribution in [-0.2, 0) is 9.53 Å². The molecule has 2 aliphatic heterocycles. The van der Waals surface area contributed by atoms with Crippen LogP contribution in [0.25, 0.3) is 6.08 Å². The molecule has 0 bridgehead atoms. The van der Waals surface area contributed by atoms with Gasteiger partial charge in [-0.25, -0.2) is 8.78 Å². The maximum absolute atomic E-state index is 13.1. The summed E-state index contributed by atoms with van der Waals surface area (Å²) in [5.74, 6) is -0.843. The van der Waals surface area contributed by atoms with E-state index in [0.717, 1.165) is 25.5 Å². The van der Waals surface area contributed by atoms with E-state index in [4.69, 9.17) is 4.74 Å². The first-order valence-corrected chi connectivity index (χ1v) is 7.16. The second-order valence-electron chi connectivity index (χ2n) is 5.57. The average Bonchev–Trinajstić information content (AvgIpc) is 3.28. The van der Waals surface area contributed by atoms with Gasteiger partial charge in [-0.1, -0.05) is 0 Å². The minimum Gasteiger partial charge on any atom is -0.373 e. The second kappa shape index (κ2) is 5.93. The summed E-state index contributed by atoms with van der Waals surface area (Å²) in [6, 6.07) is 3.21. The van der Waals surface area contributed by atoms with Gasteiger partial charge in [-0.3, -0.25) is 4.79 Å². The van der Waals surface area contributed by atoms with Crippen LogP contribution in [0.1, 0.15) is 18.4 Å². The summed E-state index contributed by atoms with van der Waals surface area (Å²) in [5, 5.41) is 0. The van der Waals surface area contributed by atoms with Gasteiger partial charge in [0.05, 0.1) is 12.7 Å². The number of hydrogen-bond acceptors (Lipinski definition) is 2. The molecular weight excluding hydrogens is 276 g/mol. The number of ether oxygens (including phenoxy) is 1. The Kier molecular flexibility index (Phi) is 4.01. The zero-order valence-corrected chi connectivity index (χ0v) is 11.6. The van der Waals surface area contributed by atoms with Crippen molar-refractivity contribution in [1.29, 1.82) is 0 Å². The first-order chi connectivity index (χ1) is 10.1. The Hall–Kier alpha value is -1.75. The number of piperidine rings is 1. The van der Waals surface area contributed by atoms with Crippen molar-refractivity contribution in [3.63, 3.8) is 0 Å². The molecule has 0 aromatic heterocycles. The molecule has 1 amide bonds. The highest BCUT2D eigenvalue weighted by molar-refractivity contribution is 5.91. The molecule has 3 nitrogen and oxygen atoms in total. The third kappa shape index (κ3) is 3.67. The number of hydrogen-bond donors (Lipinski definition) is 0. The Morgan fingerprint density at radius 3 is 2.38 bits per heavy atom. The van der Waals surface area contributed by atoms with Gasteiger partial charge in [-0.2, -0.15) is 0 Å². The van der Waals surface area contributed by atoms with Crippen LogP contribution in [0.4, 0.5) is 8.78 Å². The van der Waals surface area contributed by atoms with Crippen LogP contribution in [0, 0.1) is 17.6 Å². The van der Waals surface area contributed by atoms with Gasteiger partial charge in [0, 0.05) is 25.2 Å². The van der Waals surface area contributed by atoms with Gasteiger partial charge in [0.1, 0.15) is 11.6 Å². The molecule has 1 atom stereocenters. The van der Waals surface area contributed by atoms with Crippen LogP contribution in [0.5, 0.6) is 0 Å². The largest absolute Gasteiger partial charge is 0.373 e. The summed E-state index contributed by atoms with van der Waals surface area (Å²) >= 11 is 0. The highest BCUT2D eigenvalue weighted by Crippen LogP contribution is 2.29. The Bertz CT molecular complexity index is 541. The van der Waals surface area contributed by atoms with E-state index in [9.17, 15) is 13.6 Å². The smallest absolute Gasteiger partial charge is 0.246 e. The lowest BCUT2D eigenvalue weighted by molar-refractivity contribution is -0.127. The van der Waals surface area contributed by atoms with E-state index >= 15 is 0 Å². The number of amides is 1. The van der Waals surface area contributed by atoms with Crippen molar-refractivity contribution in [3.05, 3.63) is 41.5 Å². The molecular formula is C16H17F2NO2. The summed E-state index contributed by atoms with van der Waals surface area (Å²) < 4.78 is 31.4. The molecule has 1 aromatic rings. The van der Waals surface area contributed by atoms with Crippen molar-refractivity contribution in [2.24, 2.45) is 5.92 Å². The van der Waals surface area contributed by atoms with E-state index in [2.05, 4.69) is 0 Å². The molecule has 0 N–H and O–H groups in total. The number of epoxide rings is 1.